The fourth-order valence-corrected chi connectivity index (χ4v) is 0.908. The van der Waals surface area contributed by atoms with Gasteiger partial charge in [-0.25, -0.2) is 4.57 Å². The van der Waals surface area contributed by atoms with E-state index in [4.69, 9.17) is 5.21 Å². The average Bonchev–Trinajstić information content (AvgIpc) is 2.12. The van der Waals surface area contributed by atoms with E-state index in [2.05, 4.69) is 0 Å². The molecule has 0 saturated heterocycles. The molecule has 0 atom stereocenters. The van der Waals surface area contributed by atoms with Gasteiger partial charge in [-0.05, 0) is 0 Å². The molecule has 0 aliphatic rings. The Kier molecular flexibility index (Phi) is 3.42. The highest BCUT2D eigenvalue weighted by Crippen LogP contribution is 1.89. The average molecular weight is 207 g/mol. The van der Waals surface area contributed by atoms with Gasteiger partial charge in [0.15, 0.2) is 6.20 Å². The van der Waals surface area contributed by atoms with Crippen molar-refractivity contribution in [3.63, 3.8) is 0 Å². The zero-order chi connectivity index (χ0) is 6.85. The van der Waals surface area contributed by atoms with Gasteiger partial charge in [-0.2, -0.15) is 0 Å². The Balaban J connectivity index is 0.000000810. The molecule has 1 rings (SSSR count). The third-order valence-electron chi connectivity index (χ3n) is 1.42. The molecule has 0 saturated carbocycles. The van der Waals surface area contributed by atoms with Crippen LogP contribution < -0.4 is 21.5 Å². The molecule has 58 valence electrons. The number of hydrogen-bond donors (Lipinski definition) is 1. The summed E-state index contributed by atoms with van der Waals surface area (Å²) in [6.45, 7) is 2.00. The zero-order valence-corrected chi connectivity index (χ0v) is 7.67. The third-order valence-corrected chi connectivity index (χ3v) is 1.42. The monoisotopic (exact) mass is 206 g/mol. The Hall–Kier alpha value is -0.510. The highest BCUT2D eigenvalue weighted by atomic mass is 79.9. The standard InChI is InChI=1S/C6H11N2O.BrH/c1-3-6-7(2)4-5-8(6)9;/h4-5,9H,3H2,1-2H3;1H/q+1;/p-1. The first-order chi connectivity index (χ1) is 4.25. The molecule has 1 heterocycles. The molecule has 3 nitrogen and oxygen atoms in total. The predicted molar refractivity (Wildman–Crippen MR) is 32.2 cm³/mol. The zero-order valence-electron chi connectivity index (χ0n) is 6.08. The van der Waals surface area contributed by atoms with Gasteiger partial charge < -0.3 is 22.2 Å². The molecular formula is C6H11BrN2O. The van der Waals surface area contributed by atoms with Gasteiger partial charge in [-0.15, -0.1) is 0 Å². The maximum atomic E-state index is 9.03. The Morgan fingerprint density at radius 3 is 2.50 bits per heavy atom. The molecule has 4 heteroatoms. The van der Waals surface area contributed by atoms with Crippen LogP contribution in [0.5, 0.6) is 0 Å². The number of imidazole rings is 1. The summed E-state index contributed by atoms with van der Waals surface area (Å²) in [6, 6.07) is 0. The molecule has 1 N–H and O–H groups in total. The van der Waals surface area contributed by atoms with Crippen LogP contribution in [0.4, 0.5) is 0 Å². The fraction of sp³-hybridized carbons (Fsp3) is 0.500. The van der Waals surface area contributed by atoms with E-state index in [0.717, 1.165) is 17.0 Å². The van der Waals surface area contributed by atoms with Gasteiger partial charge in [0, 0.05) is 0 Å². The number of aromatic nitrogens is 2. The number of rotatable bonds is 1. The molecule has 0 fully saturated rings. The van der Waals surface area contributed by atoms with Gasteiger partial charge in [0.2, 0.25) is 0 Å². The van der Waals surface area contributed by atoms with E-state index >= 15 is 0 Å². The van der Waals surface area contributed by atoms with Crippen LogP contribution in [0.2, 0.25) is 0 Å². The molecule has 10 heavy (non-hydrogen) atoms. The van der Waals surface area contributed by atoms with E-state index in [1.165, 1.54) is 0 Å². The Morgan fingerprint density at radius 1 is 1.70 bits per heavy atom. The lowest BCUT2D eigenvalue weighted by Gasteiger charge is -1.88. The molecule has 0 unspecified atom stereocenters. The van der Waals surface area contributed by atoms with Crippen LogP contribution in [0.15, 0.2) is 12.4 Å². The van der Waals surface area contributed by atoms with Gasteiger partial charge in [-0.1, -0.05) is 11.7 Å². The normalized spacial score (nSPS) is 9.00. The number of aryl methyl sites for hydroxylation is 1. The number of hydrogen-bond acceptors (Lipinski definition) is 1. The van der Waals surface area contributed by atoms with Gasteiger partial charge >= 0.3 is 0 Å². The van der Waals surface area contributed by atoms with Crippen LogP contribution in [0, 0.1) is 0 Å². The summed E-state index contributed by atoms with van der Waals surface area (Å²) in [5.41, 5.74) is 0. The first kappa shape index (κ1) is 9.49. The topological polar surface area (TPSA) is 29.0 Å². The van der Waals surface area contributed by atoms with Crippen LogP contribution in [0.3, 0.4) is 0 Å². The fourth-order valence-electron chi connectivity index (χ4n) is 0.908. The van der Waals surface area contributed by atoms with Gasteiger partial charge in [0.05, 0.1) is 13.5 Å². The van der Waals surface area contributed by atoms with E-state index in [1.807, 2.05) is 24.7 Å². The lowest BCUT2D eigenvalue weighted by atomic mass is 10.5. The quantitative estimate of drug-likeness (QED) is 0.389. The summed E-state index contributed by atoms with van der Waals surface area (Å²) >= 11 is 0. The van der Waals surface area contributed by atoms with E-state index < -0.39 is 0 Å². The SMILES string of the molecule is CCc1n(O)cc[n+]1C.[Br-]. The first-order valence-electron chi connectivity index (χ1n) is 3.00. The summed E-state index contributed by atoms with van der Waals surface area (Å²) in [4.78, 5) is 0. The van der Waals surface area contributed by atoms with E-state index in [-0.39, 0.29) is 17.0 Å². The molecule has 0 amide bonds. The van der Waals surface area contributed by atoms with Crippen LogP contribution in [-0.2, 0) is 13.5 Å². The summed E-state index contributed by atoms with van der Waals surface area (Å²) in [7, 11) is 1.91. The lowest BCUT2D eigenvalue weighted by Crippen LogP contribution is -3.00. The molecule has 1 aromatic heterocycles. The van der Waals surface area contributed by atoms with Crippen molar-refractivity contribution in [1.29, 1.82) is 0 Å². The van der Waals surface area contributed by atoms with Crippen molar-refractivity contribution in [3.05, 3.63) is 18.2 Å². The van der Waals surface area contributed by atoms with Crippen LogP contribution in [-0.4, -0.2) is 9.94 Å². The molecule has 1 aromatic rings. The van der Waals surface area contributed by atoms with Gasteiger partial charge in [0.1, 0.15) is 6.20 Å². The second-order valence-electron chi connectivity index (χ2n) is 2.02. The van der Waals surface area contributed by atoms with Crippen molar-refractivity contribution < 1.29 is 26.8 Å². The highest BCUT2D eigenvalue weighted by Gasteiger charge is 2.08. The molecule has 0 aliphatic carbocycles. The van der Waals surface area contributed by atoms with Crippen molar-refractivity contribution in [2.24, 2.45) is 7.05 Å². The molecule has 0 radical (unpaired) electrons. The van der Waals surface area contributed by atoms with E-state index in [0.29, 0.717) is 0 Å². The molecule has 0 aliphatic heterocycles. The molecule has 0 aromatic carbocycles. The van der Waals surface area contributed by atoms with Crippen LogP contribution >= 0.6 is 0 Å². The summed E-state index contributed by atoms with van der Waals surface area (Å²) in [6.07, 6.45) is 4.29. The van der Waals surface area contributed by atoms with E-state index in [9.17, 15) is 0 Å². The lowest BCUT2D eigenvalue weighted by molar-refractivity contribution is -0.679. The van der Waals surface area contributed by atoms with Gasteiger partial charge in [-0.3, -0.25) is 0 Å². The second kappa shape index (κ2) is 3.61. The largest absolute Gasteiger partial charge is 1.00 e. The van der Waals surface area contributed by atoms with Crippen molar-refractivity contribution in [1.82, 2.24) is 4.73 Å². The smallest absolute Gasteiger partial charge is 0.295 e. The minimum atomic E-state index is 0. The Morgan fingerprint density at radius 2 is 2.30 bits per heavy atom. The molecule has 0 bridgehead atoms. The van der Waals surface area contributed by atoms with Crippen LogP contribution in [0.1, 0.15) is 12.7 Å². The first-order valence-corrected chi connectivity index (χ1v) is 3.00. The summed E-state index contributed by atoms with van der Waals surface area (Å²) in [5.74, 6) is 0.912. The number of halogens is 1. The predicted octanol–water partition coefficient (Wildman–Crippen LogP) is -2.88. The molecular weight excluding hydrogens is 196 g/mol. The van der Waals surface area contributed by atoms with Crippen molar-refractivity contribution in [2.75, 3.05) is 0 Å². The third kappa shape index (κ3) is 1.50. The second-order valence-corrected chi connectivity index (χ2v) is 2.02. The molecule has 0 spiro atoms. The van der Waals surface area contributed by atoms with Gasteiger partial charge in [0.25, 0.3) is 5.82 Å². The Bertz CT molecular complexity index is 190. The highest BCUT2D eigenvalue weighted by molar-refractivity contribution is 4.77. The summed E-state index contributed by atoms with van der Waals surface area (Å²) in [5, 5.41) is 9.03. The minimum Gasteiger partial charge on any atom is -1.00 e. The Labute approximate surface area is 70.6 Å². The van der Waals surface area contributed by atoms with E-state index in [1.54, 1.807) is 6.20 Å². The van der Waals surface area contributed by atoms with Crippen LogP contribution in [0.25, 0.3) is 0 Å². The van der Waals surface area contributed by atoms with Crippen molar-refractivity contribution >= 4 is 0 Å². The minimum absolute atomic E-state index is 0. The number of nitrogens with zero attached hydrogens (tertiary/aromatic N) is 2. The maximum Gasteiger partial charge on any atom is 0.295 e. The summed E-state index contributed by atoms with van der Waals surface area (Å²) < 4.78 is 3.03. The maximum absolute atomic E-state index is 9.03. The van der Waals surface area contributed by atoms with Crippen molar-refractivity contribution in [2.45, 2.75) is 13.3 Å². The van der Waals surface area contributed by atoms with Crippen molar-refractivity contribution in [3.8, 4) is 0 Å².